The highest BCUT2D eigenvalue weighted by Crippen LogP contribution is 2.26. The molecule has 1 heterocycles. The van der Waals surface area contributed by atoms with Crippen LogP contribution in [0.4, 0.5) is 10.9 Å². The molecule has 0 fully saturated rings. The largest absolute Gasteiger partial charge is 0.375 e. The molecule has 2 N–H and O–H groups in total. The fraction of sp³-hybridized carbons (Fsp3) is 0.500. The van der Waals surface area contributed by atoms with Crippen LogP contribution in [0.1, 0.15) is 18.7 Å². The molecule has 1 aromatic heterocycles. The quantitative estimate of drug-likeness (QED) is 0.794. The average molecular weight is 196 g/mol. The highest BCUT2D eigenvalue weighted by molar-refractivity contribution is 7.16. The minimum Gasteiger partial charge on any atom is -0.375 e. The summed E-state index contributed by atoms with van der Waals surface area (Å²) in [7, 11) is 0. The molecule has 0 radical (unpaired) electrons. The number of nitrogens with zero attached hydrogens (tertiary/aromatic N) is 3. The Labute approximate surface area is 81.6 Å². The van der Waals surface area contributed by atoms with Crippen LogP contribution in [0.25, 0.3) is 0 Å². The molecular weight excluding hydrogens is 184 g/mol. The lowest BCUT2D eigenvalue weighted by molar-refractivity contribution is 0.850. The Morgan fingerprint density at radius 2 is 2.15 bits per heavy atom. The standard InChI is InChI=1S/C8H12N4S/c1-3-12(4-2)7-6(5-9)13-8(10)11-7/h3-4H2,1-2H3,(H2,10,11). The third-order valence-electron chi connectivity index (χ3n) is 1.79. The van der Waals surface area contributed by atoms with E-state index in [0.717, 1.165) is 18.9 Å². The highest BCUT2D eigenvalue weighted by Gasteiger charge is 2.13. The molecule has 0 aliphatic carbocycles. The Balaban J connectivity index is 3.05. The molecule has 4 nitrogen and oxygen atoms in total. The number of hydrogen-bond acceptors (Lipinski definition) is 5. The third-order valence-corrected chi connectivity index (χ3v) is 2.57. The number of anilines is 2. The SMILES string of the molecule is CCN(CC)c1nc(N)sc1C#N. The first-order valence-electron chi connectivity index (χ1n) is 4.14. The smallest absolute Gasteiger partial charge is 0.183 e. The van der Waals surface area contributed by atoms with Crippen LogP contribution in [0.5, 0.6) is 0 Å². The second-order valence-electron chi connectivity index (χ2n) is 2.49. The highest BCUT2D eigenvalue weighted by atomic mass is 32.1. The van der Waals surface area contributed by atoms with Crippen LogP contribution in [-0.2, 0) is 0 Å². The van der Waals surface area contributed by atoms with Gasteiger partial charge in [-0.2, -0.15) is 5.26 Å². The molecule has 0 saturated carbocycles. The van der Waals surface area contributed by atoms with Crippen molar-refractivity contribution >= 4 is 22.3 Å². The van der Waals surface area contributed by atoms with Gasteiger partial charge in [-0.05, 0) is 13.8 Å². The molecule has 0 unspecified atom stereocenters. The second kappa shape index (κ2) is 4.10. The third kappa shape index (κ3) is 1.90. The van der Waals surface area contributed by atoms with Gasteiger partial charge in [0.1, 0.15) is 6.07 Å². The Hall–Kier alpha value is -1.28. The lowest BCUT2D eigenvalue weighted by atomic mass is 10.4. The van der Waals surface area contributed by atoms with Gasteiger partial charge >= 0.3 is 0 Å². The molecule has 0 atom stereocenters. The minimum atomic E-state index is 0.457. The Morgan fingerprint density at radius 1 is 1.54 bits per heavy atom. The van der Waals surface area contributed by atoms with E-state index < -0.39 is 0 Å². The van der Waals surface area contributed by atoms with E-state index in [1.807, 2.05) is 18.7 Å². The zero-order chi connectivity index (χ0) is 9.84. The lowest BCUT2D eigenvalue weighted by Crippen LogP contribution is -2.22. The van der Waals surface area contributed by atoms with E-state index in [1.54, 1.807) is 0 Å². The molecule has 0 saturated heterocycles. The lowest BCUT2D eigenvalue weighted by Gasteiger charge is -2.17. The van der Waals surface area contributed by atoms with E-state index in [2.05, 4.69) is 11.1 Å². The molecule has 0 amide bonds. The Kier molecular flexibility index (Phi) is 3.09. The molecule has 70 valence electrons. The normalized spacial score (nSPS) is 9.62. The molecule has 5 heteroatoms. The van der Waals surface area contributed by atoms with Crippen LogP contribution < -0.4 is 10.6 Å². The Bertz CT molecular complexity index is 321. The van der Waals surface area contributed by atoms with E-state index in [-0.39, 0.29) is 0 Å². The number of nitrogens with two attached hydrogens (primary N) is 1. The van der Waals surface area contributed by atoms with Gasteiger partial charge < -0.3 is 10.6 Å². The van der Waals surface area contributed by atoms with E-state index in [4.69, 9.17) is 11.0 Å². The molecule has 0 bridgehead atoms. The maximum absolute atomic E-state index is 8.81. The van der Waals surface area contributed by atoms with Gasteiger partial charge in [0.25, 0.3) is 0 Å². The molecule has 0 aliphatic heterocycles. The minimum absolute atomic E-state index is 0.457. The zero-order valence-corrected chi connectivity index (χ0v) is 8.56. The van der Waals surface area contributed by atoms with Gasteiger partial charge in [0.2, 0.25) is 0 Å². The zero-order valence-electron chi connectivity index (χ0n) is 7.74. The number of thiazole rings is 1. The van der Waals surface area contributed by atoms with Gasteiger partial charge in [-0.1, -0.05) is 11.3 Å². The van der Waals surface area contributed by atoms with Crippen LogP contribution in [0, 0.1) is 11.3 Å². The summed E-state index contributed by atoms with van der Waals surface area (Å²) in [5.41, 5.74) is 5.53. The van der Waals surface area contributed by atoms with Crippen LogP contribution >= 0.6 is 11.3 Å². The van der Waals surface area contributed by atoms with Crippen molar-refractivity contribution < 1.29 is 0 Å². The first-order valence-corrected chi connectivity index (χ1v) is 4.95. The van der Waals surface area contributed by atoms with Crippen molar-refractivity contribution in [1.82, 2.24) is 4.98 Å². The average Bonchev–Trinajstić information content (AvgIpc) is 2.49. The molecule has 0 spiro atoms. The monoisotopic (exact) mass is 196 g/mol. The first kappa shape index (κ1) is 9.81. The topological polar surface area (TPSA) is 65.9 Å². The molecule has 1 aromatic rings. The maximum Gasteiger partial charge on any atom is 0.183 e. The maximum atomic E-state index is 8.81. The van der Waals surface area contributed by atoms with E-state index in [1.165, 1.54) is 11.3 Å². The fourth-order valence-corrected chi connectivity index (χ4v) is 1.79. The van der Waals surface area contributed by atoms with Crippen molar-refractivity contribution in [3.8, 4) is 6.07 Å². The summed E-state index contributed by atoms with van der Waals surface area (Å²) >= 11 is 1.24. The van der Waals surface area contributed by atoms with Crippen molar-refractivity contribution in [2.24, 2.45) is 0 Å². The van der Waals surface area contributed by atoms with Crippen molar-refractivity contribution in [2.45, 2.75) is 13.8 Å². The molecule has 0 aliphatic rings. The summed E-state index contributed by atoms with van der Waals surface area (Å²) in [5.74, 6) is 0.718. The molecule has 1 rings (SSSR count). The number of rotatable bonds is 3. The number of nitrogen functional groups attached to an aromatic ring is 1. The van der Waals surface area contributed by atoms with E-state index >= 15 is 0 Å². The molecule has 0 aromatic carbocycles. The predicted octanol–water partition coefficient (Wildman–Crippen LogP) is 1.44. The van der Waals surface area contributed by atoms with Gasteiger partial charge in [0, 0.05) is 13.1 Å². The Morgan fingerprint density at radius 3 is 2.62 bits per heavy atom. The number of aromatic nitrogens is 1. The molecule has 13 heavy (non-hydrogen) atoms. The van der Waals surface area contributed by atoms with Crippen LogP contribution in [0.2, 0.25) is 0 Å². The first-order chi connectivity index (χ1) is 6.22. The summed E-state index contributed by atoms with van der Waals surface area (Å²) in [5, 5.41) is 9.27. The van der Waals surface area contributed by atoms with Gasteiger partial charge in [0.05, 0.1) is 0 Å². The fourth-order valence-electron chi connectivity index (χ4n) is 1.14. The summed E-state index contributed by atoms with van der Waals surface area (Å²) < 4.78 is 0. The van der Waals surface area contributed by atoms with Crippen LogP contribution in [0.3, 0.4) is 0 Å². The second-order valence-corrected chi connectivity index (χ2v) is 3.52. The van der Waals surface area contributed by atoms with Gasteiger partial charge in [-0.25, -0.2) is 4.98 Å². The summed E-state index contributed by atoms with van der Waals surface area (Å²) in [6, 6.07) is 2.10. The summed E-state index contributed by atoms with van der Waals surface area (Å²) in [6.07, 6.45) is 0. The van der Waals surface area contributed by atoms with Gasteiger partial charge in [-0.3, -0.25) is 0 Å². The van der Waals surface area contributed by atoms with Gasteiger partial charge in [-0.15, -0.1) is 0 Å². The molecular formula is C8H12N4S. The summed E-state index contributed by atoms with van der Waals surface area (Å²) in [6.45, 7) is 5.74. The van der Waals surface area contributed by atoms with E-state index in [9.17, 15) is 0 Å². The van der Waals surface area contributed by atoms with Gasteiger partial charge in [0.15, 0.2) is 15.8 Å². The summed E-state index contributed by atoms with van der Waals surface area (Å²) in [4.78, 5) is 6.74. The van der Waals surface area contributed by atoms with Crippen molar-refractivity contribution in [1.29, 1.82) is 5.26 Å². The predicted molar refractivity (Wildman–Crippen MR) is 54.8 cm³/mol. The van der Waals surface area contributed by atoms with Crippen molar-refractivity contribution in [3.63, 3.8) is 0 Å². The van der Waals surface area contributed by atoms with Crippen LogP contribution in [-0.4, -0.2) is 18.1 Å². The van der Waals surface area contributed by atoms with E-state index in [0.29, 0.717) is 10.0 Å². The van der Waals surface area contributed by atoms with Crippen LogP contribution in [0.15, 0.2) is 0 Å². The van der Waals surface area contributed by atoms with Crippen molar-refractivity contribution in [3.05, 3.63) is 4.88 Å². The number of nitriles is 1. The van der Waals surface area contributed by atoms with Crippen molar-refractivity contribution in [2.75, 3.05) is 23.7 Å². The number of hydrogen-bond donors (Lipinski definition) is 1.